The van der Waals surface area contributed by atoms with Crippen LogP contribution in [0.2, 0.25) is 10.0 Å². The van der Waals surface area contributed by atoms with Gasteiger partial charge in [0.15, 0.2) is 0 Å². The molecule has 1 aromatic heterocycles. The van der Waals surface area contributed by atoms with Gasteiger partial charge in [-0.15, -0.1) is 10.2 Å². The highest BCUT2D eigenvalue weighted by Gasteiger charge is 2.17. The Labute approximate surface area is 126 Å². The number of aromatic nitrogens is 2. The quantitative estimate of drug-likeness (QED) is 0.872. The van der Waals surface area contributed by atoms with Gasteiger partial charge in [-0.3, -0.25) is 4.79 Å². The molecule has 0 atom stereocenters. The van der Waals surface area contributed by atoms with Gasteiger partial charge in [0.2, 0.25) is 11.8 Å². The predicted molar refractivity (Wildman–Crippen MR) is 76.0 cm³/mol. The second kappa shape index (κ2) is 5.81. The number of hydrogen-bond donors (Lipinski definition) is 0. The van der Waals surface area contributed by atoms with Crippen molar-refractivity contribution in [3.05, 3.63) is 45.1 Å². The smallest absolute Gasteiger partial charge is 0.254 e. The number of benzene rings is 1. The van der Waals surface area contributed by atoms with E-state index in [4.69, 9.17) is 27.6 Å². The number of nitrogens with zero attached hydrogens (tertiary/aromatic N) is 3. The third-order valence-electron chi connectivity index (χ3n) is 2.81. The van der Waals surface area contributed by atoms with Gasteiger partial charge in [0, 0.05) is 29.6 Å². The van der Waals surface area contributed by atoms with Crippen molar-refractivity contribution in [3.63, 3.8) is 0 Å². The molecule has 0 bridgehead atoms. The summed E-state index contributed by atoms with van der Waals surface area (Å²) in [6.45, 7) is 3.71. The topological polar surface area (TPSA) is 59.2 Å². The Balaban J connectivity index is 2.18. The number of halogens is 2. The second-order valence-electron chi connectivity index (χ2n) is 4.44. The van der Waals surface area contributed by atoms with Gasteiger partial charge < -0.3 is 9.32 Å². The van der Waals surface area contributed by atoms with Crippen LogP contribution >= 0.6 is 23.2 Å². The SMILES string of the molecule is Cc1nnc(CN(C)C(=O)c2cc(Cl)c(C)c(Cl)c2)o1. The minimum Gasteiger partial charge on any atom is -0.424 e. The van der Waals surface area contributed by atoms with Crippen molar-refractivity contribution in [2.24, 2.45) is 0 Å². The van der Waals surface area contributed by atoms with Crippen LogP contribution in [0.15, 0.2) is 16.5 Å². The highest BCUT2D eigenvalue weighted by atomic mass is 35.5. The molecule has 0 saturated heterocycles. The molecule has 5 nitrogen and oxygen atoms in total. The first kappa shape index (κ1) is 14.8. The average Bonchev–Trinajstić information content (AvgIpc) is 2.79. The van der Waals surface area contributed by atoms with E-state index in [1.54, 1.807) is 33.0 Å². The van der Waals surface area contributed by atoms with Crippen molar-refractivity contribution in [2.45, 2.75) is 20.4 Å². The summed E-state index contributed by atoms with van der Waals surface area (Å²) >= 11 is 12.1. The number of amides is 1. The van der Waals surface area contributed by atoms with Crippen LogP contribution in [0.4, 0.5) is 0 Å². The lowest BCUT2D eigenvalue weighted by atomic mass is 10.1. The fraction of sp³-hybridized carbons (Fsp3) is 0.308. The van der Waals surface area contributed by atoms with E-state index in [0.717, 1.165) is 5.56 Å². The molecule has 0 spiro atoms. The predicted octanol–water partition coefficient (Wildman–Crippen LogP) is 3.27. The first-order chi connectivity index (χ1) is 9.38. The normalized spacial score (nSPS) is 10.7. The van der Waals surface area contributed by atoms with E-state index in [-0.39, 0.29) is 12.5 Å². The maximum Gasteiger partial charge on any atom is 0.254 e. The van der Waals surface area contributed by atoms with E-state index in [0.29, 0.717) is 27.4 Å². The van der Waals surface area contributed by atoms with Crippen LogP contribution in [0, 0.1) is 13.8 Å². The largest absolute Gasteiger partial charge is 0.424 e. The Kier molecular flexibility index (Phi) is 4.30. The zero-order valence-electron chi connectivity index (χ0n) is 11.3. The van der Waals surface area contributed by atoms with Gasteiger partial charge in [0.1, 0.15) is 0 Å². The Morgan fingerprint density at radius 3 is 2.35 bits per heavy atom. The highest BCUT2D eigenvalue weighted by molar-refractivity contribution is 6.36. The lowest BCUT2D eigenvalue weighted by molar-refractivity contribution is 0.0772. The van der Waals surface area contributed by atoms with Crippen molar-refractivity contribution >= 4 is 29.1 Å². The van der Waals surface area contributed by atoms with Crippen LogP contribution in [-0.2, 0) is 6.54 Å². The molecule has 0 unspecified atom stereocenters. The molecule has 20 heavy (non-hydrogen) atoms. The fourth-order valence-corrected chi connectivity index (χ4v) is 2.15. The molecule has 0 aliphatic carbocycles. The first-order valence-corrected chi connectivity index (χ1v) is 6.64. The molecule has 0 fully saturated rings. The van der Waals surface area contributed by atoms with Gasteiger partial charge in [-0.2, -0.15) is 0 Å². The summed E-state index contributed by atoms with van der Waals surface area (Å²) in [5, 5.41) is 8.49. The second-order valence-corrected chi connectivity index (χ2v) is 5.26. The summed E-state index contributed by atoms with van der Waals surface area (Å²) < 4.78 is 5.24. The number of aryl methyl sites for hydroxylation is 1. The van der Waals surface area contributed by atoms with Gasteiger partial charge in [-0.1, -0.05) is 23.2 Å². The lowest BCUT2D eigenvalue weighted by Crippen LogP contribution is -2.26. The van der Waals surface area contributed by atoms with Crippen LogP contribution in [0.3, 0.4) is 0 Å². The molecule has 7 heteroatoms. The molecule has 0 aliphatic rings. The summed E-state index contributed by atoms with van der Waals surface area (Å²) in [7, 11) is 1.64. The van der Waals surface area contributed by atoms with Crippen molar-refractivity contribution in [1.82, 2.24) is 15.1 Å². The van der Waals surface area contributed by atoms with Gasteiger partial charge in [-0.05, 0) is 24.6 Å². The Bertz CT molecular complexity index is 632. The van der Waals surface area contributed by atoms with Gasteiger partial charge in [-0.25, -0.2) is 0 Å². The Morgan fingerprint density at radius 2 is 1.85 bits per heavy atom. The van der Waals surface area contributed by atoms with Crippen LogP contribution < -0.4 is 0 Å². The van der Waals surface area contributed by atoms with Crippen molar-refractivity contribution in [1.29, 1.82) is 0 Å². The molecule has 0 N–H and O–H groups in total. The van der Waals surface area contributed by atoms with Crippen LogP contribution in [0.25, 0.3) is 0 Å². The third-order valence-corrected chi connectivity index (χ3v) is 3.60. The summed E-state index contributed by atoms with van der Waals surface area (Å²) in [6, 6.07) is 3.20. The number of rotatable bonds is 3. The molecular weight excluding hydrogens is 301 g/mol. The summed E-state index contributed by atoms with van der Waals surface area (Å²) in [6.07, 6.45) is 0. The first-order valence-electron chi connectivity index (χ1n) is 5.88. The molecule has 0 aliphatic heterocycles. The Hall–Kier alpha value is -1.59. The van der Waals surface area contributed by atoms with E-state index in [1.807, 2.05) is 0 Å². The lowest BCUT2D eigenvalue weighted by Gasteiger charge is -2.15. The molecule has 1 heterocycles. The van der Waals surface area contributed by atoms with E-state index in [9.17, 15) is 4.79 Å². The summed E-state index contributed by atoms with van der Waals surface area (Å²) in [5.41, 5.74) is 1.17. The van der Waals surface area contributed by atoms with Crippen LogP contribution in [0.5, 0.6) is 0 Å². The monoisotopic (exact) mass is 313 g/mol. The maximum atomic E-state index is 12.3. The molecule has 1 amide bonds. The van der Waals surface area contributed by atoms with E-state index in [2.05, 4.69) is 10.2 Å². The molecular formula is C13H13Cl2N3O2. The van der Waals surface area contributed by atoms with Gasteiger partial charge in [0.05, 0.1) is 6.54 Å². The number of carbonyl (C=O) groups excluding carboxylic acids is 1. The Morgan fingerprint density at radius 1 is 1.25 bits per heavy atom. The zero-order valence-corrected chi connectivity index (χ0v) is 12.8. The number of hydrogen-bond acceptors (Lipinski definition) is 4. The molecule has 0 saturated carbocycles. The minimum absolute atomic E-state index is 0.218. The third kappa shape index (κ3) is 3.11. The standard InChI is InChI=1S/C13H13Cl2N3O2/c1-7-10(14)4-9(5-11(7)15)13(19)18(3)6-12-17-16-8(2)20-12/h4-5H,6H2,1-3H3. The van der Waals surface area contributed by atoms with E-state index in [1.165, 1.54) is 4.90 Å². The minimum atomic E-state index is -0.218. The molecule has 2 rings (SSSR count). The average molecular weight is 314 g/mol. The zero-order chi connectivity index (χ0) is 14.9. The summed E-state index contributed by atoms with van der Waals surface area (Å²) in [4.78, 5) is 13.8. The maximum absolute atomic E-state index is 12.3. The van der Waals surface area contributed by atoms with Crippen molar-refractivity contribution < 1.29 is 9.21 Å². The fourth-order valence-electron chi connectivity index (χ4n) is 1.67. The van der Waals surface area contributed by atoms with Crippen molar-refractivity contribution in [2.75, 3.05) is 7.05 Å². The molecule has 1 aromatic carbocycles. The summed E-state index contributed by atoms with van der Waals surface area (Å²) in [5.74, 6) is 0.620. The molecule has 106 valence electrons. The van der Waals surface area contributed by atoms with E-state index >= 15 is 0 Å². The van der Waals surface area contributed by atoms with Gasteiger partial charge in [0.25, 0.3) is 5.91 Å². The molecule has 0 radical (unpaired) electrons. The van der Waals surface area contributed by atoms with Crippen molar-refractivity contribution in [3.8, 4) is 0 Å². The van der Waals surface area contributed by atoms with Crippen LogP contribution in [-0.4, -0.2) is 28.1 Å². The molecule has 2 aromatic rings. The highest BCUT2D eigenvalue weighted by Crippen LogP contribution is 2.26. The van der Waals surface area contributed by atoms with Gasteiger partial charge >= 0.3 is 0 Å². The number of carbonyl (C=O) groups is 1. The van der Waals surface area contributed by atoms with E-state index < -0.39 is 0 Å². The van der Waals surface area contributed by atoms with Crippen LogP contribution in [0.1, 0.15) is 27.7 Å².